The second-order valence-electron chi connectivity index (χ2n) is 6.57. The molecule has 3 aromatic rings. The van der Waals surface area contributed by atoms with Gasteiger partial charge in [-0.05, 0) is 24.8 Å². The molecular weight excluding hydrogens is 345 g/mol. The van der Waals surface area contributed by atoms with Crippen molar-refractivity contribution in [3.05, 3.63) is 31.0 Å². The quantitative estimate of drug-likeness (QED) is 0.766. The second-order valence-corrected chi connectivity index (χ2v) is 6.57. The fourth-order valence-electron chi connectivity index (χ4n) is 3.56. The highest BCUT2D eigenvalue weighted by Crippen LogP contribution is 2.49. The lowest BCUT2D eigenvalue weighted by Gasteiger charge is -2.40. The Bertz CT molecular complexity index is 961. The molecular formula is C17H15F3N6. The van der Waals surface area contributed by atoms with Gasteiger partial charge in [0.1, 0.15) is 12.0 Å². The van der Waals surface area contributed by atoms with Gasteiger partial charge in [-0.1, -0.05) is 0 Å². The molecule has 1 fully saturated rings. The summed E-state index contributed by atoms with van der Waals surface area (Å²) in [6, 6.07) is 3.56. The molecule has 6 nitrogen and oxygen atoms in total. The highest BCUT2D eigenvalue weighted by molar-refractivity contribution is 5.89. The number of fused-ring (bicyclic) bond motifs is 1. The van der Waals surface area contributed by atoms with Crippen LogP contribution in [0.5, 0.6) is 0 Å². The molecule has 0 bridgehead atoms. The van der Waals surface area contributed by atoms with Crippen LogP contribution in [0.15, 0.2) is 31.0 Å². The first-order chi connectivity index (χ1) is 12.5. The van der Waals surface area contributed by atoms with Gasteiger partial charge in [0.2, 0.25) is 0 Å². The summed E-state index contributed by atoms with van der Waals surface area (Å²) in [4.78, 5) is 11.4. The Kier molecular flexibility index (Phi) is 3.90. The summed E-state index contributed by atoms with van der Waals surface area (Å²) in [5.74, 6) is -1.48. The SMILES string of the molecule is N#CCC(C1CC(C(F)(F)F)C1)n1cc(-c2ncnc3[nH]ccc23)cn1. The van der Waals surface area contributed by atoms with Gasteiger partial charge in [-0.25, -0.2) is 9.97 Å². The maximum Gasteiger partial charge on any atom is 0.391 e. The van der Waals surface area contributed by atoms with E-state index in [1.54, 1.807) is 23.3 Å². The molecule has 1 saturated carbocycles. The number of halogens is 3. The number of nitrogens with zero attached hydrogens (tertiary/aromatic N) is 5. The predicted molar refractivity (Wildman–Crippen MR) is 86.6 cm³/mol. The molecule has 1 N–H and O–H groups in total. The average molecular weight is 360 g/mol. The average Bonchev–Trinajstić information content (AvgIpc) is 3.20. The monoisotopic (exact) mass is 360 g/mol. The lowest BCUT2D eigenvalue weighted by Crippen LogP contribution is -2.39. The zero-order chi connectivity index (χ0) is 18.3. The lowest BCUT2D eigenvalue weighted by atomic mass is 9.70. The van der Waals surface area contributed by atoms with Crippen LogP contribution in [-0.2, 0) is 0 Å². The van der Waals surface area contributed by atoms with Crippen LogP contribution >= 0.6 is 0 Å². The normalized spacial score (nSPS) is 21.3. The molecule has 9 heteroatoms. The summed E-state index contributed by atoms with van der Waals surface area (Å²) in [5.41, 5.74) is 2.13. The van der Waals surface area contributed by atoms with E-state index in [-0.39, 0.29) is 31.2 Å². The van der Waals surface area contributed by atoms with E-state index in [9.17, 15) is 13.2 Å². The first-order valence-corrected chi connectivity index (χ1v) is 8.23. The Morgan fingerprint density at radius 3 is 2.88 bits per heavy atom. The van der Waals surface area contributed by atoms with Gasteiger partial charge in [0.05, 0.1) is 36.3 Å². The molecule has 1 atom stereocenters. The zero-order valence-electron chi connectivity index (χ0n) is 13.6. The summed E-state index contributed by atoms with van der Waals surface area (Å²) in [7, 11) is 0. The first-order valence-electron chi connectivity index (χ1n) is 8.23. The van der Waals surface area contributed by atoms with Gasteiger partial charge in [-0.3, -0.25) is 4.68 Å². The topological polar surface area (TPSA) is 83.2 Å². The molecule has 4 rings (SSSR count). The number of nitrogens with one attached hydrogen (secondary N) is 1. The van der Waals surface area contributed by atoms with Crippen LogP contribution in [0.25, 0.3) is 22.3 Å². The van der Waals surface area contributed by atoms with E-state index in [0.717, 1.165) is 10.9 Å². The lowest BCUT2D eigenvalue weighted by molar-refractivity contribution is -0.208. The maximum atomic E-state index is 12.8. The standard InChI is InChI=1S/C17H15F3N6/c18-17(19,20)12-5-10(6-12)14(1-3-21)26-8-11(7-25-26)15-13-2-4-22-16(13)24-9-23-15/h2,4,7-10,12,14H,1,5-6H2,(H,22,23,24). The smallest absolute Gasteiger partial charge is 0.346 e. The largest absolute Gasteiger partial charge is 0.391 e. The number of hydrogen-bond acceptors (Lipinski definition) is 4. The molecule has 0 amide bonds. The fraction of sp³-hybridized carbons (Fsp3) is 0.412. The van der Waals surface area contributed by atoms with Crippen LogP contribution in [0.4, 0.5) is 13.2 Å². The Morgan fingerprint density at radius 1 is 1.35 bits per heavy atom. The molecule has 134 valence electrons. The summed E-state index contributed by atoms with van der Waals surface area (Å²) in [5, 5.41) is 14.2. The van der Waals surface area contributed by atoms with Gasteiger partial charge in [0, 0.05) is 23.3 Å². The van der Waals surface area contributed by atoms with Gasteiger partial charge in [0.15, 0.2) is 0 Å². The molecule has 1 aliphatic rings. The van der Waals surface area contributed by atoms with E-state index in [1.807, 2.05) is 6.07 Å². The minimum absolute atomic E-state index is 0.0423. The summed E-state index contributed by atoms with van der Waals surface area (Å²) in [6.45, 7) is 0. The number of hydrogen-bond donors (Lipinski definition) is 1. The molecule has 0 aromatic carbocycles. The Balaban J connectivity index is 1.60. The van der Waals surface area contributed by atoms with E-state index >= 15 is 0 Å². The predicted octanol–water partition coefficient (Wildman–Crippen LogP) is 3.86. The number of aromatic nitrogens is 5. The molecule has 0 radical (unpaired) electrons. The molecule has 0 spiro atoms. The Labute approximate surface area is 146 Å². The van der Waals surface area contributed by atoms with E-state index in [4.69, 9.17) is 5.26 Å². The van der Waals surface area contributed by atoms with Gasteiger partial charge in [0.25, 0.3) is 0 Å². The molecule has 0 saturated heterocycles. The van der Waals surface area contributed by atoms with E-state index in [2.05, 4.69) is 26.1 Å². The van der Waals surface area contributed by atoms with Crippen molar-refractivity contribution in [3.63, 3.8) is 0 Å². The minimum Gasteiger partial charge on any atom is -0.346 e. The molecule has 3 aromatic heterocycles. The highest BCUT2D eigenvalue weighted by Gasteiger charge is 2.50. The second kappa shape index (κ2) is 6.12. The van der Waals surface area contributed by atoms with Crippen LogP contribution in [0.1, 0.15) is 25.3 Å². The van der Waals surface area contributed by atoms with Crippen LogP contribution in [0.3, 0.4) is 0 Å². The first kappa shape index (κ1) is 16.6. The van der Waals surface area contributed by atoms with Crippen molar-refractivity contribution in [1.29, 1.82) is 5.26 Å². The third-order valence-electron chi connectivity index (χ3n) is 5.05. The number of aromatic amines is 1. The number of nitriles is 1. The van der Waals surface area contributed by atoms with Gasteiger partial charge in [-0.15, -0.1) is 0 Å². The molecule has 1 aliphatic carbocycles. The molecule has 0 aliphatic heterocycles. The van der Waals surface area contributed by atoms with Crippen LogP contribution in [0, 0.1) is 23.2 Å². The van der Waals surface area contributed by atoms with Crippen molar-refractivity contribution in [3.8, 4) is 17.3 Å². The van der Waals surface area contributed by atoms with E-state index in [0.29, 0.717) is 11.3 Å². The molecule has 1 unspecified atom stereocenters. The number of alkyl halides is 3. The zero-order valence-corrected chi connectivity index (χ0v) is 13.6. The third-order valence-corrected chi connectivity index (χ3v) is 5.05. The van der Waals surface area contributed by atoms with Crippen molar-refractivity contribution >= 4 is 11.0 Å². The summed E-state index contributed by atoms with van der Waals surface area (Å²) in [6.07, 6.45) is 2.62. The van der Waals surface area contributed by atoms with Crippen molar-refractivity contribution in [2.45, 2.75) is 31.5 Å². The van der Waals surface area contributed by atoms with Crippen LogP contribution in [-0.4, -0.2) is 30.9 Å². The Hall–Kier alpha value is -2.89. The van der Waals surface area contributed by atoms with E-state index in [1.165, 1.54) is 6.33 Å². The van der Waals surface area contributed by atoms with Crippen molar-refractivity contribution in [2.24, 2.45) is 11.8 Å². The molecule has 3 heterocycles. The highest BCUT2D eigenvalue weighted by atomic mass is 19.4. The van der Waals surface area contributed by atoms with Gasteiger partial charge >= 0.3 is 6.18 Å². The van der Waals surface area contributed by atoms with Gasteiger partial charge < -0.3 is 4.98 Å². The number of rotatable bonds is 4. The van der Waals surface area contributed by atoms with Crippen molar-refractivity contribution in [1.82, 2.24) is 24.7 Å². The Morgan fingerprint density at radius 2 is 2.15 bits per heavy atom. The van der Waals surface area contributed by atoms with E-state index < -0.39 is 12.1 Å². The minimum atomic E-state index is -4.16. The summed E-state index contributed by atoms with van der Waals surface area (Å²) >= 11 is 0. The van der Waals surface area contributed by atoms with Crippen LogP contribution in [0.2, 0.25) is 0 Å². The molecule has 26 heavy (non-hydrogen) atoms. The van der Waals surface area contributed by atoms with Crippen LogP contribution < -0.4 is 0 Å². The fourth-order valence-corrected chi connectivity index (χ4v) is 3.56. The van der Waals surface area contributed by atoms with Crippen molar-refractivity contribution in [2.75, 3.05) is 0 Å². The van der Waals surface area contributed by atoms with Gasteiger partial charge in [-0.2, -0.15) is 23.5 Å². The maximum absolute atomic E-state index is 12.8. The summed E-state index contributed by atoms with van der Waals surface area (Å²) < 4.78 is 39.9. The number of H-pyrrole nitrogens is 1. The third kappa shape index (κ3) is 2.81. The van der Waals surface area contributed by atoms with Crippen molar-refractivity contribution < 1.29 is 13.2 Å².